The molecule has 0 fully saturated rings. The molecular formula is C14H10ClFN2O2. The summed E-state index contributed by atoms with van der Waals surface area (Å²) >= 11 is 5.66. The smallest absolute Gasteiger partial charge is 0.275 e. The molecule has 0 atom stereocenters. The maximum absolute atomic E-state index is 13.3. The van der Waals surface area contributed by atoms with E-state index in [0.717, 1.165) is 0 Å². The van der Waals surface area contributed by atoms with Crippen LogP contribution in [0.4, 0.5) is 4.39 Å². The number of amides is 1. The fraction of sp³-hybridized carbons (Fsp3) is 0. The monoisotopic (exact) mass is 292 g/mol. The van der Waals surface area contributed by atoms with Crippen LogP contribution in [0.1, 0.15) is 15.9 Å². The molecule has 0 aliphatic carbocycles. The van der Waals surface area contributed by atoms with E-state index in [0.29, 0.717) is 5.02 Å². The average molecular weight is 293 g/mol. The summed E-state index contributed by atoms with van der Waals surface area (Å²) in [5.74, 6) is -1.32. The van der Waals surface area contributed by atoms with Gasteiger partial charge in [0.15, 0.2) is 0 Å². The highest BCUT2D eigenvalue weighted by Gasteiger charge is 2.10. The standard InChI is InChI=1S/C14H10ClFN2O2/c15-10-5-6-11(13(19)7-10)14(20)18-17-8-9-3-1-2-4-12(9)16/h1-8,19H,(H,18,20). The Labute approximate surface area is 119 Å². The number of nitrogens with zero attached hydrogens (tertiary/aromatic N) is 1. The molecule has 0 spiro atoms. The molecule has 0 aliphatic rings. The maximum atomic E-state index is 13.3. The molecule has 0 aliphatic heterocycles. The van der Waals surface area contributed by atoms with Crippen LogP contribution in [0, 0.1) is 5.82 Å². The minimum absolute atomic E-state index is 0.0279. The number of rotatable bonds is 3. The maximum Gasteiger partial charge on any atom is 0.275 e. The number of carbonyl (C=O) groups excluding carboxylic acids is 1. The molecular weight excluding hydrogens is 283 g/mol. The fourth-order valence-corrected chi connectivity index (χ4v) is 1.66. The Bertz CT molecular complexity index is 674. The Morgan fingerprint density at radius 1 is 1.30 bits per heavy atom. The highest BCUT2D eigenvalue weighted by molar-refractivity contribution is 6.30. The van der Waals surface area contributed by atoms with Crippen molar-refractivity contribution in [2.45, 2.75) is 0 Å². The van der Waals surface area contributed by atoms with Crippen molar-refractivity contribution >= 4 is 23.7 Å². The topological polar surface area (TPSA) is 61.7 Å². The second-order valence-electron chi connectivity index (χ2n) is 3.88. The van der Waals surface area contributed by atoms with Gasteiger partial charge in [0.2, 0.25) is 0 Å². The molecule has 2 rings (SSSR count). The third-order valence-corrected chi connectivity index (χ3v) is 2.71. The molecule has 0 radical (unpaired) electrons. The van der Waals surface area contributed by atoms with E-state index in [2.05, 4.69) is 10.5 Å². The predicted octanol–water partition coefficient (Wildman–Crippen LogP) is 2.95. The quantitative estimate of drug-likeness (QED) is 0.675. The number of hydrogen-bond acceptors (Lipinski definition) is 3. The molecule has 0 heterocycles. The van der Waals surface area contributed by atoms with Crippen molar-refractivity contribution in [3.05, 3.63) is 64.4 Å². The van der Waals surface area contributed by atoms with E-state index in [-0.39, 0.29) is 16.9 Å². The molecule has 2 aromatic carbocycles. The van der Waals surface area contributed by atoms with Gasteiger partial charge in [0, 0.05) is 10.6 Å². The van der Waals surface area contributed by atoms with Gasteiger partial charge >= 0.3 is 0 Å². The van der Waals surface area contributed by atoms with Gasteiger partial charge in [-0.3, -0.25) is 4.79 Å². The number of carbonyl (C=O) groups is 1. The number of hydrazone groups is 1. The van der Waals surface area contributed by atoms with E-state index in [1.54, 1.807) is 12.1 Å². The Balaban J connectivity index is 2.07. The average Bonchev–Trinajstić information content (AvgIpc) is 2.40. The Hall–Kier alpha value is -2.40. The summed E-state index contributed by atoms with van der Waals surface area (Å²) in [6.45, 7) is 0. The van der Waals surface area contributed by atoms with E-state index < -0.39 is 11.7 Å². The number of phenols is 1. The lowest BCUT2D eigenvalue weighted by molar-refractivity contribution is 0.0952. The van der Waals surface area contributed by atoms with Crippen LogP contribution in [-0.2, 0) is 0 Å². The molecule has 4 nitrogen and oxygen atoms in total. The summed E-state index contributed by atoms with van der Waals surface area (Å²) in [5.41, 5.74) is 2.47. The van der Waals surface area contributed by atoms with Crippen LogP contribution in [0.25, 0.3) is 0 Å². The summed E-state index contributed by atoms with van der Waals surface area (Å²) in [5, 5.41) is 13.5. The van der Waals surface area contributed by atoms with Crippen LogP contribution in [0.2, 0.25) is 5.02 Å². The van der Waals surface area contributed by atoms with Crippen LogP contribution < -0.4 is 5.43 Å². The number of benzene rings is 2. The van der Waals surface area contributed by atoms with Crippen LogP contribution in [0.15, 0.2) is 47.6 Å². The van der Waals surface area contributed by atoms with Gasteiger partial charge in [0.25, 0.3) is 5.91 Å². The van der Waals surface area contributed by atoms with Gasteiger partial charge in [-0.05, 0) is 24.3 Å². The zero-order valence-electron chi connectivity index (χ0n) is 10.2. The number of nitrogens with one attached hydrogen (secondary N) is 1. The molecule has 0 unspecified atom stereocenters. The summed E-state index contributed by atoms with van der Waals surface area (Å²) in [4.78, 5) is 11.7. The van der Waals surface area contributed by atoms with Crippen LogP contribution in [0.3, 0.4) is 0 Å². The normalized spacial score (nSPS) is 10.7. The van der Waals surface area contributed by atoms with Crippen LogP contribution in [0.5, 0.6) is 5.75 Å². The number of aromatic hydroxyl groups is 1. The molecule has 0 bridgehead atoms. The lowest BCUT2D eigenvalue weighted by Crippen LogP contribution is -2.17. The van der Waals surface area contributed by atoms with Gasteiger partial charge in [-0.15, -0.1) is 0 Å². The molecule has 102 valence electrons. The van der Waals surface area contributed by atoms with Crippen molar-refractivity contribution in [2.75, 3.05) is 0 Å². The molecule has 2 N–H and O–H groups in total. The highest BCUT2D eigenvalue weighted by atomic mass is 35.5. The summed E-state index contributed by atoms with van der Waals surface area (Å²) in [6.07, 6.45) is 1.18. The van der Waals surface area contributed by atoms with Crippen molar-refractivity contribution < 1.29 is 14.3 Å². The van der Waals surface area contributed by atoms with Gasteiger partial charge in [-0.25, -0.2) is 9.82 Å². The van der Waals surface area contributed by atoms with Crippen molar-refractivity contribution in [3.8, 4) is 5.75 Å². The summed E-state index contributed by atoms with van der Waals surface area (Å²) in [7, 11) is 0. The minimum Gasteiger partial charge on any atom is -0.507 e. The van der Waals surface area contributed by atoms with Gasteiger partial charge < -0.3 is 5.11 Å². The van der Waals surface area contributed by atoms with Crippen molar-refractivity contribution in [1.29, 1.82) is 0 Å². The van der Waals surface area contributed by atoms with E-state index in [4.69, 9.17) is 11.6 Å². The lowest BCUT2D eigenvalue weighted by atomic mass is 10.2. The van der Waals surface area contributed by atoms with E-state index in [1.807, 2.05) is 0 Å². The summed E-state index contributed by atoms with van der Waals surface area (Å²) < 4.78 is 13.3. The van der Waals surface area contributed by atoms with Gasteiger partial charge in [0.1, 0.15) is 11.6 Å². The highest BCUT2D eigenvalue weighted by Crippen LogP contribution is 2.21. The SMILES string of the molecule is O=C(NN=Cc1ccccc1F)c1ccc(Cl)cc1O. The first-order chi connectivity index (χ1) is 9.58. The number of halogens is 2. The third kappa shape index (κ3) is 3.33. The van der Waals surface area contributed by atoms with Crippen molar-refractivity contribution in [2.24, 2.45) is 5.10 Å². The lowest BCUT2D eigenvalue weighted by Gasteiger charge is -2.03. The number of phenolic OH excluding ortho intramolecular Hbond substituents is 1. The van der Waals surface area contributed by atoms with Crippen molar-refractivity contribution in [1.82, 2.24) is 5.43 Å². The minimum atomic E-state index is -0.619. The van der Waals surface area contributed by atoms with E-state index in [9.17, 15) is 14.3 Å². The first-order valence-electron chi connectivity index (χ1n) is 5.64. The molecule has 6 heteroatoms. The third-order valence-electron chi connectivity index (χ3n) is 2.48. The molecule has 1 amide bonds. The first kappa shape index (κ1) is 14.0. The second kappa shape index (κ2) is 6.16. The first-order valence-corrected chi connectivity index (χ1v) is 6.02. The van der Waals surface area contributed by atoms with Crippen molar-refractivity contribution in [3.63, 3.8) is 0 Å². The van der Waals surface area contributed by atoms with Crippen LogP contribution in [-0.4, -0.2) is 17.2 Å². The second-order valence-corrected chi connectivity index (χ2v) is 4.32. The van der Waals surface area contributed by atoms with Crippen LogP contribution >= 0.6 is 11.6 Å². The largest absolute Gasteiger partial charge is 0.507 e. The fourth-order valence-electron chi connectivity index (χ4n) is 1.50. The van der Waals surface area contributed by atoms with E-state index in [1.165, 1.54) is 36.5 Å². The number of hydrogen-bond donors (Lipinski definition) is 2. The Kier molecular flexibility index (Phi) is 4.32. The molecule has 20 heavy (non-hydrogen) atoms. The zero-order valence-corrected chi connectivity index (χ0v) is 10.9. The summed E-state index contributed by atoms with van der Waals surface area (Å²) in [6, 6.07) is 10.1. The Morgan fingerprint density at radius 3 is 2.75 bits per heavy atom. The van der Waals surface area contributed by atoms with E-state index >= 15 is 0 Å². The van der Waals surface area contributed by atoms with Gasteiger partial charge in [-0.1, -0.05) is 29.8 Å². The molecule has 0 saturated heterocycles. The molecule has 2 aromatic rings. The van der Waals surface area contributed by atoms with Gasteiger partial charge in [0.05, 0.1) is 11.8 Å². The zero-order chi connectivity index (χ0) is 14.5. The Morgan fingerprint density at radius 2 is 2.05 bits per heavy atom. The molecule has 0 saturated carbocycles. The predicted molar refractivity (Wildman–Crippen MR) is 74.6 cm³/mol. The van der Waals surface area contributed by atoms with Gasteiger partial charge in [-0.2, -0.15) is 5.10 Å². The molecule has 0 aromatic heterocycles.